The molecule has 1 aliphatic heterocycles. The summed E-state index contributed by atoms with van der Waals surface area (Å²) >= 11 is 0. The summed E-state index contributed by atoms with van der Waals surface area (Å²) < 4.78 is 5.78. The third-order valence-corrected chi connectivity index (χ3v) is 4.30. The van der Waals surface area contributed by atoms with Crippen molar-refractivity contribution in [3.63, 3.8) is 0 Å². The monoisotopic (exact) mass is 362 g/mol. The van der Waals surface area contributed by atoms with E-state index in [0.717, 1.165) is 5.56 Å². The van der Waals surface area contributed by atoms with Crippen LogP contribution in [0.15, 0.2) is 18.2 Å². The number of benzene rings is 1. The molecule has 7 nitrogen and oxygen atoms in total. The lowest BCUT2D eigenvalue weighted by Gasteiger charge is -2.39. The summed E-state index contributed by atoms with van der Waals surface area (Å²) in [4.78, 5) is 37.6. The number of anilines is 1. The number of aliphatic carboxylic acids is 1. The van der Waals surface area contributed by atoms with Crippen LogP contribution in [0.2, 0.25) is 0 Å². The number of hydrogen-bond donors (Lipinski definition) is 2. The second kappa shape index (κ2) is 7.76. The van der Waals surface area contributed by atoms with Gasteiger partial charge in [-0.2, -0.15) is 0 Å². The Bertz CT molecular complexity index is 714. The smallest absolute Gasteiger partial charge is 0.326 e. The first-order chi connectivity index (χ1) is 12.2. The van der Waals surface area contributed by atoms with Crippen LogP contribution < -0.4 is 15.0 Å². The van der Waals surface area contributed by atoms with Crippen molar-refractivity contribution in [2.75, 3.05) is 11.4 Å². The minimum Gasteiger partial charge on any atom is -0.480 e. The highest BCUT2D eigenvalue weighted by molar-refractivity contribution is 6.02. The number of aryl methyl sites for hydroxylation is 1. The van der Waals surface area contributed by atoms with Gasteiger partial charge in [-0.25, -0.2) is 4.79 Å². The van der Waals surface area contributed by atoms with E-state index in [1.54, 1.807) is 18.7 Å². The number of rotatable bonds is 7. The van der Waals surface area contributed by atoms with Crippen LogP contribution in [0.4, 0.5) is 5.69 Å². The molecule has 26 heavy (non-hydrogen) atoms. The van der Waals surface area contributed by atoms with Gasteiger partial charge in [-0.15, -0.1) is 0 Å². The Hall–Kier alpha value is -2.57. The molecule has 1 unspecified atom stereocenters. The van der Waals surface area contributed by atoms with E-state index < -0.39 is 23.5 Å². The molecular formula is C19H26N2O5. The van der Waals surface area contributed by atoms with Crippen LogP contribution >= 0.6 is 0 Å². The lowest BCUT2D eigenvalue weighted by molar-refractivity contribution is -0.142. The van der Waals surface area contributed by atoms with Crippen LogP contribution in [0.3, 0.4) is 0 Å². The lowest BCUT2D eigenvalue weighted by Crippen LogP contribution is -2.53. The largest absolute Gasteiger partial charge is 0.480 e. The van der Waals surface area contributed by atoms with Crippen LogP contribution in [-0.4, -0.2) is 41.1 Å². The Morgan fingerprint density at radius 1 is 1.35 bits per heavy atom. The molecule has 0 aliphatic carbocycles. The van der Waals surface area contributed by atoms with Gasteiger partial charge in [0.15, 0.2) is 5.60 Å². The standard InChI is InChI=1S/C19H26N2O5/c1-5-6-13(17(23)24)20-16(22)9-10-21-14-11-12(2)7-8-15(14)26-19(3,4)18(21)25/h7-8,11,13H,5-6,9-10H2,1-4H3,(H,20,22)(H,23,24). The van der Waals surface area contributed by atoms with Gasteiger partial charge >= 0.3 is 5.97 Å². The molecule has 2 rings (SSSR count). The van der Waals surface area contributed by atoms with E-state index in [1.165, 1.54) is 0 Å². The van der Waals surface area contributed by atoms with Crippen molar-refractivity contribution in [2.45, 2.75) is 58.6 Å². The van der Waals surface area contributed by atoms with Crippen LogP contribution in [0.25, 0.3) is 0 Å². The Kier molecular flexibility index (Phi) is 5.90. The van der Waals surface area contributed by atoms with Crippen LogP contribution in [0, 0.1) is 6.92 Å². The second-order valence-corrected chi connectivity index (χ2v) is 7.04. The summed E-state index contributed by atoms with van der Waals surface area (Å²) in [5, 5.41) is 11.7. The number of carbonyl (C=O) groups excluding carboxylic acids is 2. The van der Waals surface area contributed by atoms with E-state index >= 15 is 0 Å². The predicted molar refractivity (Wildman–Crippen MR) is 97.3 cm³/mol. The Labute approximate surface area is 153 Å². The molecule has 142 valence electrons. The van der Waals surface area contributed by atoms with Gasteiger partial charge in [-0.1, -0.05) is 19.4 Å². The Morgan fingerprint density at radius 2 is 2.04 bits per heavy atom. The molecule has 0 radical (unpaired) electrons. The number of carbonyl (C=O) groups is 3. The number of carboxylic acid groups (broad SMARTS) is 1. The fraction of sp³-hybridized carbons (Fsp3) is 0.526. The first kappa shape index (κ1) is 19.8. The molecule has 2 amide bonds. The fourth-order valence-corrected chi connectivity index (χ4v) is 2.93. The molecule has 0 bridgehead atoms. The molecule has 1 atom stereocenters. The van der Waals surface area contributed by atoms with E-state index in [4.69, 9.17) is 9.84 Å². The zero-order chi connectivity index (χ0) is 19.5. The molecule has 1 aromatic rings. The number of hydrogen-bond acceptors (Lipinski definition) is 4. The number of nitrogens with zero attached hydrogens (tertiary/aromatic N) is 1. The summed E-state index contributed by atoms with van der Waals surface area (Å²) in [6, 6.07) is 4.65. The summed E-state index contributed by atoms with van der Waals surface area (Å²) in [6.07, 6.45) is 1.04. The van der Waals surface area contributed by atoms with Gasteiger partial charge in [-0.3, -0.25) is 9.59 Å². The molecular weight excluding hydrogens is 336 g/mol. The van der Waals surface area contributed by atoms with Crippen LogP contribution in [0.5, 0.6) is 5.75 Å². The van der Waals surface area contributed by atoms with Gasteiger partial charge < -0.3 is 20.1 Å². The van der Waals surface area contributed by atoms with Crippen molar-refractivity contribution in [3.05, 3.63) is 23.8 Å². The van der Waals surface area contributed by atoms with Crippen molar-refractivity contribution < 1.29 is 24.2 Å². The van der Waals surface area contributed by atoms with E-state index in [0.29, 0.717) is 24.3 Å². The van der Waals surface area contributed by atoms with Gasteiger partial charge in [0, 0.05) is 13.0 Å². The minimum absolute atomic E-state index is 0.0166. The van der Waals surface area contributed by atoms with E-state index in [2.05, 4.69) is 5.32 Å². The van der Waals surface area contributed by atoms with Crippen LogP contribution in [0.1, 0.15) is 45.6 Å². The first-order valence-electron chi connectivity index (χ1n) is 8.79. The predicted octanol–water partition coefficient (Wildman–Crippen LogP) is 2.26. The lowest BCUT2D eigenvalue weighted by atomic mass is 10.0. The van der Waals surface area contributed by atoms with E-state index in [9.17, 15) is 14.4 Å². The molecule has 7 heteroatoms. The maximum atomic E-state index is 12.7. The molecule has 2 N–H and O–H groups in total. The molecule has 0 saturated carbocycles. The highest BCUT2D eigenvalue weighted by atomic mass is 16.5. The molecule has 0 aromatic heterocycles. The maximum absolute atomic E-state index is 12.7. The average molecular weight is 362 g/mol. The van der Waals surface area contributed by atoms with E-state index in [-0.39, 0.29) is 18.9 Å². The van der Waals surface area contributed by atoms with Crippen molar-refractivity contribution >= 4 is 23.5 Å². The molecule has 1 aliphatic rings. The molecule has 1 aromatic carbocycles. The zero-order valence-corrected chi connectivity index (χ0v) is 15.7. The van der Waals surface area contributed by atoms with Gasteiger partial charge in [0.1, 0.15) is 11.8 Å². The third kappa shape index (κ3) is 4.33. The van der Waals surface area contributed by atoms with Crippen molar-refractivity contribution in [1.82, 2.24) is 5.32 Å². The highest BCUT2D eigenvalue weighted by Crippen LogP contribution is 2.38. The Morgan fingerprint density at radius 3 is 2.65 bits per heavy atom. The molecule has 1 heterocycles. The molecule has 0 saturated heterocycles. The number of carboxylic acids is 1. The maximum Gasteiger partial charge on any atom is 0.326 e. The summed E-state index contributed by atoms with van der Waals surface area (Å²) in [7, 11) is 0. The van der Waals surface area contributed by atoms with Crippen LogP contribution in [-0.2, 0) is 14.4 Å². The second-order valence-electron chi connectivity index (χ2n) is 7.04. The van der Waals surface area contributed by atoms with Gasteiger partial charge in [0.2, 0.25) is 5.91 Å². The first-order valence-corrected chi connectivity index (χ1v) is 8.79. The Balaban J connectivity index is 2.13. The number of amides is 2. The summed E-state index contributed by atoms with van der Waals surface area (Å²) in [5.74, 6) is -1.08. The summed E-state index contributed by atoms with van der Waals surface area (Å²) in [6.45, 7) is 7.31. The van der Waals surface area contributed by atoms with Crippen molar-refractivity contribution in [1.29, 1.82) is 0 Å². The van der Waals surface area contributed by atoms with Gasteiger partial charge in [-0.05, 0) is 44.9 Å². The summed E-state index contributed by atoms with van der Waals surface area (Å²) in [5.41, 5.74) is 0.582. The fourth-order valence-electron chi connectivity index (χ4n) is 2.93. The molecule has 0 fully saturated rings. The van der Waals surface area contributed by atoms with Crippen molar-refractivity contribution in [2.24, 2.45) is 0 Å². The zero-order valence-electron chi connectivity index (χ0n) is 15.7. The van der Waals surface area contributed by atoms with Gasteiger partial charge in [0.25, 0.3) is 5.91 Å². The highest BCUT2D eigenvalue weighted by Gasteiger charge is 2.40. The normalized spacial score (nSPS) is 16.5. The van der Waals surface area contributed by atoms with E-state index in [1.807, 2.05) is 32.0 Å². The van der Waals surface area contributed by atoms with Gasteiger partial charge in [0.05, 0.1) is 5.69 Å². The average Bonchev–Trinajstić information content (AvgIpc) is 2.55. The number of fused-ring (bicyclic) bond motifs is 1. The SMILES string of the molecule is CCCC(NC(=O)CCN1C(=O)C(C)(C)Oc2ccc(C)cc21)C(=O)O. The number of nitrogens with one attached hydrogen (secondary N) is 1. The number of ether oxygens (including phenoxy) is 1. The minimum atomic E-state index is -1.05. The topological polar surface area (TPSA) is 95.9 Å². The third-order valence-electron chi connectivity index (χ3n) is 4.30. The van der Waals surface area contributed by atoms with Crippen molar-refractivity contribution in [3.8, 4) is 5.75 Å². The molecule has 0 spiro atoms. The quantitative estimate of drug-likeness (QED) is 0.776.